The van der Waals surface area contributed by atoms with E-state index in [4.69, 9.17) is 4.74 Å². The van der Waals surface area contributed by atoms with E-state index in [0.717, 1.165) is 25.0 Å². The maximum absolute atomic E-state index is 12.8. The van der Waals surface area contributed by atoms with Gasteiger partial charge in [-0.15, -0.1) is 0 Å². The molecule has 2 aromatic heterocycles. The summed E-state index contributed by atoms with van der Waals surface area (Å²) in [5, 5.41) is 3.74. The van der Waals surface area contributed by atoms with E-state index in [1.807, 2.05) is 0 Å². The molecule has 0 radical (unpaired) electrons. The van der Waals surface area contributed by atoms with Gasteiger partial charge in [0.25, 0.3) is 0 Å². The summed E-state index contributed by atoms with van der Waals surface area (Å²) >= 11 is 0. The number of aromatic amines is 1. The lowest BCUT2D eigenvalue weighted by Crippen LogP contribution is -2.11. The van der Waals surface area contributed by atoms with Gasteiger partial charge in [-0.05, 0) is 36.6 Å². The SMILES string of the molecule is CC1(COc2ccnc(Cc3ccc(C(F)(F)F)cc3)c2-c2noc(=O)[nH]2)CC1. The number of aromatic nitrogens is 3. The van der Waals surface area contributed by atoms with Crippen LogP contribution in [0.3, 0.4) is 0 Å². The molecule has 2 heterocycles. The van der Waals surface area contributed by atoms with Gasteiger partial charge in [0.2, 0.25) is 0 Å². The second-order valence-corrected chi connectivity index (χ2v) is 7.55. The Morgan fingerprint density at radius 3 is 2.52 bits per heavy atom. The summed E-state index contributed by atoms with van der Waals surface area (Å²) in [6, 6.07) is 6.53. The molecule has 1 fully saturated rings. The zero-order valence-electron chi connectivity index (χ0n) is 15.5. The third kappa shape index (κ3) is 4.33. The van der Waals surface area contributed by atoms with Crippen molar-refractivity contribution in [2.75, 3.05) is 6.61 Å². The number of benzene rings is 1. The van der Waals surface area contributed by atoms with E-state index in [2.05, 4.69) is 26.6 Å². The lowest BCUT2D eigenvalue weighted by molar-refractivity contribution is -0.137. The second-order valence-electron chi connectivity index (χ2n) is 7.55. The summed E-state index contributed by atoms with van der Waals surface area (Å²) in [4.78, 5) is 18.3. The number of rotatable bonds is 6. The highest BCUT2D eigenvalue weighted by Crippen LogP contribution is 2.45. The minimum absolute atomic E-state index is 0.130. The summed E-state index contributed by atoms with van der Waals surface area (Å²) in [6.07, 6.45) is -0.448. The minimum atomic E-state index is -4.39. The Balaban J connectivity index is 1.67. The summed E-state index contributed by atoms with van der Waals surface area (Å²) in [5.74, 6) is -0.0648. The molecule has 1 N–H and O–H groups in total. The Morgan fingerprint density at radius 1 is 1.21 bits per heavy atom. The van der Waals surface area contributed by atoms with E-state index < -0.39 is 17.5 Å². The maximum Gasteiger partial charge on any atom is 0.439 e. The van der Waals surface area contributed by atoms with Gasteiger partial charge in [0.05, 0.1) is 23.4 Å². The molecule has 0 bridgehead atoms. The summed E-state index contributed by atoms with van der Waals surface area (Å²) in [5.41, 5.74) is 1.01. The summed E-state index contributed by atoms with van der Waals surface area (Å²) in [6.45, 7) is 2.63. The molecule has 0 saturated heterocycles. The Labute approximate surface area is 163 Å². The van der Waals surface area contributed by atoms with Gasteiger partial charge in [0.15, 0.2) is 5.82 Å². The number of ether oxygens (including phenoxy) is 1. The Morgan fingerprint density at radius 2 is 1.93 bits per heavy atom. The highest BCUT2D eigenvalue weighted by atomic mass is 19.4. The number of H-pyrrole nitrogens is 1. The monoisotopic (exact) mass is 405 g/mol. The van der Waals surface area contributed by atoms with Crippen molar-refractivity contribution >= 4 is 0 Å². The van der Waals surface area contributed by atoms with E-state index in [0.29, 0.717) is 29.2 Å². The van der Waals surface area contributed by atoms with Crippen LogP contribution in [0.2, 0.25) is 0 Å². The minimum Gasteiger partial charge on any atom is -0.492 e. The van der Waals surface area contributed by atoms with Crippen LogP contribution in [-0.2, 0) is 12.6 Å². The molecule has 3 aromatic rings. The largest absolute Gasteiger partial charge is 0.492 e. The fraction of sp³-hybridized carbons (Fsp3) is 0.350. The van der Waals surface area contributed by atoms with E-state index >= 15 is 0 Å². The number of hydrogen-bond donors (Lipinski definition) is 1. The van der Waals surface area contributed by atoms with Crippen molar-refractivity contribution in [3.05, 3.63) is 63.9 Å². The third-order valence-corrected chi connectivity index (χ3v) is 5.00. The molecular formula is C20H18F3N3O3. The van der Waals surface area contributed by atoms with Crippen molar-refractivity contribution in [2.24, 2.45) is 5.41 Å². The fourth-order valence-electron chi connectivity index (χ4n) is 2.94. The van der Waals surface area contributed by atoms with Crippen molar-refractivity contribution in [3.8, 4) is 17.1 Å². The Kier molecular flexibility index (Phi) is 4.68. The van der Waals surface area contributed by atoms with Crippen LogP contribution in [0.15, 0.2) is 45.8 Å². The predicted molar refractivity (Wildman–Crippen MR) is 97.4 cm³/mol. The lowest BCUT2D eigenvalue weighted by Gasteiger charge is -2.15. The van der Waals surface area contributed by atoms with E-state index in [9.17, 15) is 18.0 Å². The number of hydrogen-bond acceptors (Lipinski definition) is 5. The molecule has 152 valence electrons. The average molecular weight is 405 g/mol. The first-order valence-electron chi connectivity index (χ1n) is 9.07. The average Bonchev–Trinajstić information content (AvgIpc) is 3.26. The highest BCUT2D eigenvalue weighted by Gasteiger charge is 2.38. The number of pyridine rings is 1. The van der Waals surface area contributed by atoms with E-state index in [1.165, 1.54) is 12.1 Å². The number of nitrogens with one attached hydrogen (secondary N) is 1. The van der Waals surface area contributed by atoms with Gasteiger partial charge in [0.1, 0.15) is 5.75 Å². The van der Waals surface area contributed by atoms with Crippen LogP contribution in [0.1, 0.15) is 36.6 Å². The van der Waals surface area contributed by atoms with Gasteiger partial charge in [-0.3, -0.25) is 14.5 Å². The molecule has 0 spiro atoms. The molecule has 6 nitrogen and oxygen atoms in total. The second kappa shape index (κ2) is 7.06. The van der Waals surface area contributed by atoms with Gasteiger partial charge in [-0.1, -0.05) is 24.2 Å². The molecular weight excluding hydrogens is 387 g/mol. The maximum atomic E-state index is 12.8. The predicted octanol–water partition coefficient (Wildman–Crippen LogP) is 4.21. The van der Waals surface area contributed by atoms with Crippen molar-refractivity contribution in [3.63, 3.8) is 0 Å². The molecule has 9 heteroatoms. The smallest absolute Gasteiger partial charge is 0.439 e. The van der Waals surface area contributed by atoms with Gasteiger partial charge < -0.3 is 4.74 Å². The zero-order valence-corrected chi connectivity index (χ0v) is 15.5. The van der Waals surface area contributed by atoms with Crippen LogP contribution in [0.25, 0.3) is 11.4 Å². The molecule has 1 aliphatic rings. The zero-order chi connectivity index (χ0) is 20.6. The summed E-state index contributed by atoms with van der Waals surface area (Å²) in [7, 11) is 0. The summed E-state index contributed by atoms with van der Waals surface area (Å²) < 4.78 is 49.0. The van der Waals surface area contributed by atoms with Gasteiger partial charge in [-0.2, -0.15) is 13.2 Å². The normalized spacial score (nSPS) is 15.3. The van der Waals surface area contributed by atoms with Crippen molar-refractivity contribution in [1.29, 1.82) is 0 Å². The molecule has 29 heavy (non-hydrogen) atoms. The number of alkyl halides is 3. The molecule has 0 aliphatic heterocycles. The molecule has 1 aliphatic carbocycles. The van der Waals surface area contributed by atoms with Crippen LogP contribution < -0.4 is 10.5 Å². The fourth-order valence-corrected chi connectivity index (χ4v) is 2.94. The Bertz CT molecular complexity index is 1070. The first-order valence-corrected chi connectivity index (χ1v) is 9.07. The van der Waals surface area contributed by atoms with Gasteiger partial charge >= 0.3 is 11.9 Å². The Hall–Kier alpha value is -3.10. The molecule has 1 saturated carbocycles. The highest BCUT2D eigenvalue weighted by molar-refractivity contribution is 5.66. The van der Waals surface area contributed by atoms with Crippen molar-refractivity contribution in [1.82, 2.24) is 15.1 Å². The first kappa shape index (κ1) is 19.2. The van der Waals surface area contributed by atoms with Gasteiger partial charge in [0, 0.05) is 18.0 Å². The van der Waals surface area contributed by atoms with Crippen molar-refractivity contribution < 1.29 is 22.4 Å². The van der Waals surface area contributed by atoms with E-state index in [1.54, 1.807) is 12.3 Å². The van der Waals surface area contributed by atoms with Crippen LogP contribution >= 0.6 is 0 Å². The lowest BCUT2D eigenvalue weighted by atomic mass is 10.0. The number of nitrogens with zero attached hydrogens (tertiary/aromatic N) is 2. The number of halogens is 3. The van der Waals surface area contributed by atoms with Crippen LogP contribution in [0.4, 0.5) is 13.2 Å². The topological polar surface area (TPSA) is 81.0 Å². The first-order chi connectivity index (χ1) is 13.7. The molecule has 0 atom stereocenters. The van der Waals surface area contributed by atoms with Crippen molar-refractivity contribution in [2.45, 2.75) is 32.4 Å². The molecule has 0 unspecified atom stereocenters. The van der Waals surface area contributed by atoms with E-state index in [-0.39, 0.29) is 17.7 Å². The quantitative estimate of drug-likeness (QED) is 0.664. The van der Waals surface area contributed by atoms with Crippen LogP contribution in [0.5, 0.6) is 5.75 Å². The third-order valence-electron chi connectivity index (χ3n) is 5.00. The van der Waals surface area contributed by atoms with Crippen LogP contribution in [-0.4, -0.2) is 21.7 Å². The van der Waals surface area contributed by atoms with Crippen LogP contribution in [0, 0.1) is 5.41 Å². The standard InChI is InChI=1S/C20H18F3N3O3/c1-19(7-8-19)11-28-15-6-9-24-14(16(15)17-25-18(27)29-26-17)10-12-2-4-13(5-3-12)20(21,22)23/h2-6,9H,7-8,10-11H2,1H3,(H,25,26,27). The molecule has 0 amide bonds. The molecule has 4 rings (SSSR count). The molecule has 1 aromatic carbocycles. The van der Waals surface area contributed by atoms with Gasteiger partial charge in [-0.25, -0.2) is 4.79 Å².